The van der Waals surface area contributed by atoms with Gasteiger partial charge in [-0.2, -0.15) is 0 Å². The van der Waals surface area contributed by atoms with E-state index in [-0.39, 0.29) is 5.91 Å². The molecule has 0 bridgehead atoms. The maximum absolute atomic E-state index is 11.4. The van der Waals surface area contributed by atoms with Crippen LogP contribution in [0.15, 0.2) is 12.7 Å². The molecule has 16 heavy (non-hydrogen) atoms. The maximum Gasteiger partial charge on any atom is 0.246 e. The van der Waals surface area contributed by atoms with Crippen LogP contribution < -0.4 is 0 Å². The first-order valence-corrected chi connectivity index (χ1v) is 6.38. The molecule has 2 rings (SSSR count). The normalized spacial score (nSPS) is 30.2. The van der Waals surface area contributed by atoms with Crippen LogP contribution in [0.1, 0.15) is 19.8 Å². The highest BCUT2D eigenvalue weighted by Gasteiger charge is 2.36. The predicted octanol–water partition coefficient (Wildman–Crippen LogP) is 1.36. The van der Waals surface area contributed by atoms with Crippen molar-refractivity contribution in [2.45, 2.75) is 19.8 Å². The predicted molar refractivity (Wildman–Crippen MR) is 65.1 cm³/mol. The van der Waals surface area contributed by atoms with E-state index in [4.69, 9.17) is 0 Å². The summed E-state index contributed by atoms with van der Waals surface area (Å²) in [5.41, 5.74) is 0. The number of hydrogen-bond acceptors (Lipinski definition) is 2. The van der Waals surface area contributed by atoms with E-state index in [0.717, 1.165) is 38.0 Å². The van der Waals surface area contributed by atoms with Crippen LogP contribution >= 0.6 is 0 Å². The van der Waals surface area contributed by atoms with Crippen LogP contribution in [0.25, 0.3) is 0 Å². The molecule has 90 valence electrons. The molecule has 1 heterocycles. The Balaban J connectivity index is 1.69. The molecule has 1 aliphatic carbocycles. The number of hydrogen-bond donors (Lipinski definition) is 0. The van der Waals surface area contributed by atoms with Crippen molar-refractivity contribution in [1.82, 2.24) is 9.80 Å². The highest BCUT2D eigenvalue weighted by molar-refractivity contribution is 5.87. The van der Waals surface area contributed by atoms with Gasteiger partial charge in [0.25, 0.3) is 0 Å². The first-order chi connectivity index (χ1) is 7.74. The number of rotatable bonds is 4. The molecule has 2 unspecified atom stereocenters. The second-order valence-electron chi connectivity index (χ2n) is 4.99. The molecule has 0 aromatic carbocycles. The van der Waals surface area contributed by atoms with Gasteiger partial charge in [-0.3, -0.25) is 9.69 Å². The molecule has 1 aliphatic heterocycles. The van der Waals surface area contributed by atoms with E-state index in [1.54, 1.807) is 0 Å². The summed E-state index contributed by atoms with van der Waals surface area (Å²) in [4.78, 5) is 15.8. The summed E-state index contributed by atoms with van der Waals surface area (Å²) in [6, 6.07) is 0. The lowest BCUT2D eigenvalue weighted by Gasteiger charge is -2.34. The third kappa shape index (κ3) is 2.64. The lowest BCUT2D eigenvalue weighted by atomic mass is 10.2. The Morgan fingerprint density at radius 1 is 1.31 bits per heavy atom. The summed E-state index contributed by atoms with van der Waals surface area (Å²) in [6.07, 6.45) is 4.17. The van der Waals surface area contributed by atoms with Gasteiger partial charge in [-0.05, 0) is 24.3 Å². The molecule has 0 spiro atoms. The van der Waals surface area contributed by atoms with Gasteiger partial charge in [-0.1, -0.05) is 19.9 Å². The van der Waals surface area contributed by atoms with Crippen molar-refractivity contribution in [3.05, 3.63) is 12.7 Å². The van der Waals surface area contributed by atoms with Gasteiger partial charge in [0, 0.05) is 32.7 Å². The van der Waals surface area contributed by atoms with Gasteiger partial charge in [0.15, 0.2) is 0 Å². The SMILES string of the molecule is C=CC(=O)N1CCN(CC2CC2CC)CC1. The number of nitrogens with zero attached hydrogens (tertiary/aromatic N) is 2. The third-order valence-corrected chi connectivity index (χ3v) is 3.94. The van der Waals surface area contributed by atoms with Gasteiger partial charge in [0.2, 0.25) is 5.91 Å². The van der Waals surface area contributed by atoms with Crippen molar-refractivity contribution in [2.75, 3.05) is 32.7 Å². The van der Waals surface area contributed by atoms with Crippen LogP contribution in [-0.4, -0.2) is 48.4 Å². The largest absolute Gasteiger partial charge is 0.337 e. The van der Waals surface area contributed by atoms with Crippen LogP contribution in [-0.2, 0) is 4.79 Å². The Labute approximate surface area is 98.1 Å². The smallest absolute Gasteiger partial charge is 0.246 e. The van der Waals surface area contributed by atoms with E-state index in [2.05, 4.69) is 18.4 Å². The highest BCUT2D eigenvalue weighted by Crippen LogP contribution is 2.41. The molecule has 0 aromatic heterocycles. The second-order valence-corrected chi connectivity index (χ2v) is 4.99. The fourth-order valence-corrected chi connectivity index (χ4v) is 2.65. The van der Waals surface area contributed by atoms with E-state index in [1.165, 1.54) is 25.5 Å². The third-order valence-electron chi connectivity index (χ3n) is 3.94. The highest BCUT2D eigenvalue weighted by atomic mass is 16.2. The fraction of sp³-hybridized carbons (Fsp3) is 0.769. The van der Waals surface area contributed by atoms with Crippen molar-refractivity contribution in [3.8, 4) is 0 Å². The summed E-state index contributed by atoms with van der Waals surface area (Å²) < 4.78 is 0. The average molecular weight is 222 g/mol. The van der Waals surface area contributed by atoms with E-state index >= 15 is 0 Å². The summed E-state index contributed by atoms with van der Waals surface area (Å²) in [6.45, 7) is 10.9. The molecule has 0 N–H and O–H groups in total. The zero-order valence-electron chi connectivity index (χ0n) is 10.2. The van der Waals surface area contributed by atoms with E-state index in [0.29, 0.717) is 0 Å². The first kappa shape index (κ1) is 11.6. The van der Waals surface area contributed by atoms with Gasteiger partial charge in [0.05, 0.1) is 0 Å². The Morgan fingerprint density at radius 3 is 2.50 bits per heavy atom. The molecule has 2 fully saturated rings. The minimum absolute atomic E-state index is 0.0810. The molecule has 1 saturated carbocycles. The maximum atomic E-state index is 11.4. The number of carbonyl (C=O) groups excluding carboxylic acids is 1. The summed E-state index contributed by atoms with van der Waals surface area (Å²) in [5, 5.41) is 0. The number of amides is 1. The van der Waals surface area contributed by atoms with Crippen molar-refractivity contribution in [2.24, 2.45) is 11.8 Å². The van der Waals surface area contributed by atoms with Gasteiger partial charge >= 0.3 is 0 Å². The Kier molecular flexibility index (Phi) is 3.64. The monoisotopic (exact) mass is 222 g/mol. The molecule has 0 aromatic rings. The van der Waals surface area contributed by atoms with Crippen LogP contribution in [0.4, 0.5) is 0 Å². The van der Waals surface area contributed by atoms with Crippen molar-refractivity contribution < 1.29 is 4.79 Å². The molecule has 0 radical (unpaired) electrons. The standard InChI is InChI=1S/C13H22N2O/c1-3-11-9-12(11)10-14-5-7-15(8-6-14)13(16)4-2/h4,11-12H,2-3,5-10H2,1H3. The average Bonchev–Trinajstić information content (AvgIpc) is 3.07. The summed E-state index contributed by atoms with van der Waals surface area (Å²) in [5.74, 6) is 2.00. The van der Waals surface area contributed by atoms with Crippen LogP contribution in [0.2, 0.25) is 0 Å². The topological polar surface area (TPSA) is 23.6 Å². The fourth-order valence-electron chi connectivity index (χ4n) is 2.65. The zero-order chi connectivity index (χ0) is 11.5. The molecule has 1 saturated heterocycles. The molecule has 2 aliphatic rings. The quantitative estimate of drug-likeness (QED) is 0.671. The van der Waals surface area contributed by atoms with Crippen LogP contribution in [0.5, 0.6) is 0 Å². The Hall–Kier alpha value is -0.830. The van der Waals surface area contributed by atoms with Gasteiger partial charge in [-0.25, -0.2) is 0 Å². The van der Waals surface area contributed by atoms with E-state index in [1.807, 2.05) is 4.90 Å². The molecule has 1 amide bonds. The minimum Gasteiger partial charge on any atom is -0.337 e. The van der Waals surface area contributed by atoms with E-state index in [9.17, 15) is 4.79 Å². The Morgan fingerprint density at radius 2 is 2.00 bits per heavy atom. The van der Waals surface area contributed by atoms with Crippen molar-refractivity contribution in [1.29, 1.82) is 0 Å². The minimum atomic E-state index is 0.0810. The lowest BCUT2D eigenvalue weighted by molar-refractivity contribution is -0.127. The summed E-state index contributed by atoms with van der Waals surface area (Å²) >= 11 is 0. The van der Waals surface area contributed by atoms with E-state index < -0.39 is 0 Å². The first-order valence-electron chi connectivity index (χ1n) is 6.38. The number of piperazine rings is 1. The molecule has 3 heteroatoms. The zero-order valence-corrected chi connectivity index (χ0v) is 10.2. The number of carbonyl (C=O) groups is 1. The molecule has 3 nitrogen and oxygen atoms in total. The molecule has 2 atom stereocenters. The van der Waals surface area contributed by atoms with Crippen LogP contribution in [0, 0.1) is 11.8 Å². The van der Waals surface area contributed by atoms with Gasteiger partial charge < -0.3 is 4.90 Å². The van der Waals surface area contributed by atoms with Gasteiger partial charge in [-0.15, -0.1) is 0 Å². The van der Waals surface area contributed by atoms with Crippen molar-refractivity contribution >= 4 is 5.91 Å². The van der Waals surface area contributed by atoms with Crippen LogP contribution in [0.3, 0.4) is 0 Å². The Bertz CT molecular complexity index is 269. The lowest BCUT2D eigenvalue weighted by Crippen LogP contribution is -2.48. The van der Waals surface area contributed by atoms with Gasteiger partial charge in [0.1, 0.15) is 0 Å². The second kappa shape index (κ2) is 5.00. The van der Waals surface area contributed by atoms with Crippen molar-refractivity contribution in [3.63, 3.8) is 0 Å². The summed E-state index contributed by atoms with van der Waals surface area (Å²) in [7, 11) is 0. The molecular formula is C13H22N2O. The molecular weight excluding hydrogens is 200 g/mol.